The second kappa shape index (κ2) is 13.1. The topological polar surface area (TPSA) is 145 Å². The minimum atomic E-state index is -3.11. The molecule has 30 heavy (non-hydrogen) atoms. The number of ether oxygens (including phenoxy) is 2. The van der Waals surface area contributed by atoms with E-state index in [0.29, 0.717) is 30.1 Å². The Morgan fingerprint density at radius 1 is 1.23 bits per heavy atom. The lowest BCUT2D eigenvalue weighted by molar-refractivity contribution is -0.142. The van der Waals surface area contributed by atoms with Crippen molar-refractivity contribution in [1.29, 1.82) is 0 Å². The van der Waals surface area contributed by atoms with Crippen molar-refractivity contribution in [3.63, 3.8) is 0 Å². The number of hydrogen-bond acceptors (Lipinski definition) is 7. The van der Waals surface area contributed by atoms with Crippen molar-refractivity contribution >= 4 is 21.7 Å². The number of carboxylic acid groups (broad SMARTS) is 1. The van der Waals surface area contributed by atoms with E-state index in [9.17, 15) is 18.0 Å². The molecule has 0 aliphatic heterocycles. The number of aliphatic carboxylic acids is 1. The summed E-state index contributed by atoms with van der Waals surface area (Å²) >= 11 is 0. The molecule has 0 aromatic heterocycles. The number of nitrogens with one attached hydrogen (secondary N) is 1. The fraction of sp³-hybridized carbons (Fsp3) is 0.600. The highest BCUT2D eigenvalue weighted by Crippen LogP contribution is 2.30. The second-order valence-corrected chi connectivity index (χ2v) is 9.45. The molecule has 0 fully saturated rings. The summed E-state index contributed by atoms with van der Waals surface area (Å²) in [7, 11) is -1.56. The van der Waals surface area contributed by atoms with Gasteiger partial charge in [-0.15, -0.1) is 0 Å². The molecule has 9 nitrogen and oxygen atoms in total. The summed E-state index contributed by atoms with van der Waals surface area (Å²) in [5, 5.41) is 11.0. The molecule has 1 aromatic carbocycles. The number of benzene rings is 1. The zero-order chi connectivity index (χ0) is 23.5. The number of sulfone groups is 1. The first-order valence-electron chi connectivity index (χ1n) is 9.54. The molecular weight excluding hydrogens is 412 g/mol. The number of nitrogens with two attached hydrogens (primary N) is 1. The summed E-state index contributed by atoms with van der Waals surface area (Å²) in [4.78, 5) is 21.1. The summed E-state index contributed by atoms with van der Waals surface area (Å²) < 4.78 is 33.0. The molecule has 10 heteroatoms. The van der Waals surface area contributed by atoms with Gasteiger partial charge in [-0.1, -0.05) is 19.9 Å². The monoisotopic (exact) mass is 446 g/mol. The lowest BCUT2D eigenvalue weighted by atomic mass is 10.0. The Labute approximate surface area is 178 Å². The Bertz CT molecular complexity index is 794. The van der Waals surface area contributed by atoms with Gasteiger partial charge in [0.1, 0.15) is 15.9 Å². The minimum absolute atomic E-state index is 0.0924. The van der Waals surface area contributed by atoms with Gasteiger partial charge in [-0.2, -0.15) is 0 Å². The van der Waals surface area contributed by atoms with Gasteiger partial charge in [0.15, 0.2) is 11.5 Å². The predicted octanol–water partition coefficient (Wildman–Crippen LogP) is 1.76. The first kappa shape index (κ1) is 27.7. The lowest BCUT2D eigenvalue weighted by Crippen LogP contribution is -2.40. The predicted molar refractivity (Wildman–Crippen MR) is 115 cm³/mol. The Morgan fingerprint density at radius 2 is 1.83 bits per heavy atom. The van der Waals surface area contributed by atoms with Crippen molar-refractivity contribution in [2.24, 2.45) is 11.7 Å². The zero-order valence-electron chi connectivity index (χ0n) is 18.5. The summed E-state index contributed by atoms with van der Waals surface area (Å²) in [6.07, 6.45) is 1.63. The van der Waals surface area contributed by atoms with Gasteiger partial charge in [-0.3, -0.25) is 4.79 Å². The number of carbonyl (C=O) groups is 2. The van der Waals surface area contributed by atoms with Crippen molar-refractivity contribution in [3.8, 4) is 11.5 Å². The smallest absolute Gasteiger partial charge is 0.326 e. The summed E-state index contributed by atoms with van der Waals surface area (Å²) in [6.45, 7) is 7.51. The fourth-order valence-corrected chi connectivity index (χ4v) is 3.40. The molecule has 2 atom stereocenters. The van der Waals surface area contributed by atoms with Gasteiger partial charge in [0.05, 0.1) is 19.5 Å². The van der Waals surface area contributed by atoms with Gasteiger partial charge < -0.3 is 25.6 Å². The first-order chi connectivity index (χ1) is 13.8. The average Bonchev–Trinajstić information content (AvgIpc) is 2.59. The van der Waals surface area contributed by atoms with Gasteiger partial charge in [0.2, 0.25) is 5.91 Å². The van der Waals surface area contributed by atoms with Crippen molar-refractivity contribution in [3.05, 3.63) is 23.8 Å². The standard InChI is InChI=1S/C12H19NO4S.C8H15NO3/c1-4-17-12-7-9(5-6-11(12)16-2)10(13)8-18(3,14)15;1-5(2)4-7(8(11)12)9-6(3)10/h5-7,10H,4,8,13H2,1-3H3;5,7H,4H2,1-3H3,(H,9,10)(H,11,12)/t10-;7-/m10/s1. The molecule has 0 radical (unpaired) electrons. The maximum Gasteiger partial charge on any atom is 0.326 e. The third-order valence-corrected chi connectivity index (χ3v) is 4.75. The molecule has 0 aliphatic rings. The van der Waals surface area contributed by atoms with Crippen LogP contribution < -0.4 is 20.5 Å². The van der Waals surface area contributed by atoms with Gasteiger partial charge in [-0.05, 0) is 37.0 Å². The Balaban J connectivity index is 0.000000612. The van der Waals surface area contributed by atoms with Crippen LogP contribution >= 0.6 is 0 Å². The molecule has 0 saturated heterocycles. The van der Waals surface area contributed by atoms with Crippen LogP contribution in [-0.4, -0.2) is 57.2 Å². The maximum atomic E-state index is 11.2. The number of hydrogen-bond donors (Lipinski definition) is 3. The highest BCUT2D eigenvalue weighted by atomic mass is 32.2. The summed E-state index contributed by atoms with van der Waals surface area (Å²) in [6, 6.07) is 3.88. The summed E-state index contributed by atoms with van der Waals surface area (Å²) in [5.74, 6) is 0.0683. The molecule has 1 rings (SSSR count). The van der Waals surface area contributed by atoms with E-state index in [1.807, 2.05) is 20.8 Å². The lowest BCUT2D eigenvalue weighted by Gasteiger charge is -2.15. The highest BCUT2D eigenvalue weighted by Gasteiger charge is 2.19. The van der Waals surface area contributed by atoms with Crippen molar-refractivity contribution in [1.82, 2.24) is 5.32 Å². The van der Waals surface area contributed by atoms with Crippen LogP contribution in [0.5, 0.6) is 11.5 Å². The quantitative estimate of drug-likeness (QED) is 0.493. The SMILES string of the molecule is CC(=O)N[C@@H](CC(C)C)C(=O)O.CCOc1cc([C@H](N)CS(C)(=O)=O)ccc1OC. The third kappa shape index (κ3) is 11.6. The van der Waals surface area contributed by atoms with Crippen LogP contribution in [0.25, 0.3) is 0 Å². The van der Waals surface area contributed by atoms with Gasteiger partial charge >= 0.3 is 5.97 Å². The molecular formula is C20H34N2O7S. The Morgan fingerprint density at radius 3 is 2.23 bits per heavy atom. The minimum Gasteiger partial charge on any atom is -0.493 e. The van der Waals surface area contributed by atoms with Gasteiger partial charge in [-0.25, -0.2) is 13.2 Å². The van der Waals surface area contributed by atoms with Crippen molar-refractivity contribution in [2.45, 2.75) is 46.2 Å². The number of amides is 1. The van der Waals surface area contributed by atoms with Gasteiger partial charge in [0, 0.05) is 19.2 Å². The normalized spacial score (nSPS) is 12.9. The number of carboxylic acids is 1. The van der Waals surface area contributed by atoms with Gasteiger partial charge in [0.25, 0.3) is 0 Å². The largest absolute Gasteiger partial charge is 0.493 e. The van der Waals surface area contributed by atoms with E-state index in [-0.39, 0.29) is 17.6 Å². The van der Waals surface area contributed by atoms with E-state index in [1.54, 1.807) is 25.3 Å². The molecule has 4 N–H and O–H groups in total. The van der Waals surface area contributed by atoms with Crippen molar-refractivity contribution < 1.29 is 32.6 Å². The number of rotatable bonds is 10. The van der Waals surface area contributed by atoms with Crippen LogP contribution in [0.4, 0.5) is 0 Å². The van der Waals surface area contributed by atoms with E-state index in [1.165, 1.54) is 13.2 Å². The maximum absolute atomic E-state index is 11.2. The molecule has 0 saturated carbocycles. The Hall–Kier alpha value is -2.33. The fourth-order valence-electron chi connectivity index (χ4n) is 2.55. The van der Waals surface area contributed by atoms with E-state index >= 15 is 0 Å². The second-order valence-electron chi connectivity index (χ2n) is 7.26. The summed E-state index contributed by atoms with van der Waals surface area (Å²) in [5.41, 5.74) is 6.57. The molecule has 0 aliphatic carbocycles. The van der Waals surface area contributed by atoms with Crippen LogP contribution in [-0.2, 0) is 19.4 Å². The third-order valence-electron chi connectivity index (χ3n) is 3.78. The molecule has 1 amide bonds. The van der Waals surface area contributed by atoms with Crippen molar-refractivity contribution in [2.75, 3.05) is 25.7 Å². The van der Waals surface area contributed by atoms with E-state index in [2.05, 4.69) is 5.32 Å². The Kier molecular flexibility index (Phi) is 12.1. The van der Waals surface area contributed by atoms with Crippen LogP contribution in [0.2, 0.25) is 0 Å². The molecule has 0 bridgehead atoms. The van der Waals surface area contributed by atoms with Crippen LogP contribution in [0.1, 0.15) is 45.7 Å². The van der Waals surface area contributed by atoms with Crippen LogP contribution in [0.3, 0.4) is 0 Å². The van der Waals surface area contributed by atoms with E-state index in [4.69, 9.17) is 20.3 Å². The van der Waals surface area contributed by atoms with E-state index < -0.39 is 27.9 Å². The highest BCUT2D eigenvalue weighted by molar-refractivity contribution is 7.90. The molecule has 172 valence electrons. The van der Waals surface area contributed by atoms with Crippen LogP contribution in [0.15, 0.2) is 18.2 Å². The molecule has 0 heterocycles. The van der Waals surface area contributed by atoms with Crippen LogP contribution in [0, 0.1) is 5.92 Å². The number of carbonyl (C=O) groups excluding carboxylic acids is 1. The zero-order valence-corrected chi connectivity index (χ0v) is 19.3. The first-order valence-corrected chi connectivity index (χ1v) is 11.6. The molecule has 0 unspecified atom stereocenters. The molecule has 0 spiro atoms. The average molecular weight is 447 g/mol. The van der Waals surface area contributed by atoms with E-state index in [0.717, 1.165) is 0 Å². The molecule has 1 aromatic rings. The number of methoxy groups -OCH3 is 1.